The topological polar surface area (TPSA) is 144 Å². The van der Waals surface area contributed by atoms with Crippen LogP contribution in [0.5, 0.6) is 5.75 Å². The molecule has 0 atom stereocenters. The number of morpholine rings is 1. The Morgan fingerprint density at radius 1 is 1.29 bits per heavy atom. The molecule has 0 spiro atoms. The Hall–Kier alpha value is -3.71. The number of carbonyl (C=O) groups is 1. The number of anilines is 2. The summed E-state index contributed by atoms with van der Waals surface area (Å²) in [6.45, 7) is 1.71. The van der Waals surface area contributed by atoms with Crippen LogP contribution in [-0.4, -0.2) is 71.7 Å². The molecule has 1 aliphatic heterocycles. The molecule has 0 bridgehead atoms. The molecule has 0 radical (unpaired) electrons. The average Bonchev–Trinajstić information content (AvgIpc) is 2.82. The molecule has 1 heterocycles. The quantitative estimate of drug-likeness (QED) is 0.315. The number of sulfonamides is 1. The van der Waals surface area contributed by atoms with Crippen molar-refractivity contribution in [2.75, 3.05) is 55.4 Å². The summed E-state index contributed by atoms with van der Waals surface area (Å²) in [6, 6.07) is 10.8. The predicted octanol–water partition coefficient (Wildman–Crippen LogP) is 1.36. The van der Waals surface area contributed by atoms with Gasteiger partial charge in [-0.05, 0) is 18.2 Å². The molecule has 3 rings (SSSR count). The summed E-state index contributed by atoms with van der Waals surface area (Å²) in [6.07, 6.45) is 2.28. The van der Waals surface area contributed by atoms with E-state index in [1.54, 1.807) is 24.3 Å². The van der Waals surface area contributed by atoms with Gasteiger partial charge >= 0.3 is 0 Å². The van der Waals surface area contributed by atoms with Crippen LogP contribution in [0.25, 0.3) is 0 Å². The van der Waals surface area contributed by atoms with E-state index in [1.165, 1.54) is 31.5 Å². The van der Waals surface area contributed by atoms with Gasteiger partial charge < -0.3 is 14.4 Å². The van der Waals surface area contributed by atoms with Crippen molar-refractivity contribution in [2.24, 2.45) is 5.10 Å². The van der Waals surface area contributed by atoms with Gasteiger partial charge in [-0.25, -0.2) is 13.8 Å². The Bertz CT molecular complexity index is 1180. The molecule has 182 valence electrons. The van der Waals surface area contributed by atoms with E-state index >= 15 is 0 Å². The van der Waals surface area contributed by atoms with E-state index in [1.807, 2.05) is 4.90 Å². The molecule has 2 aromatic rings. The zero-order valence-electron chi connectivity index (χ0n) is 18.7. The molecule has 2 aromatic carbocycles. The van der Waals surface area contributed by atoms with Crippen LogP contribution in [0.1, 0.15) is 5.56 Å². The second kappa shape index (κ2) is 10.9. The number of hydrogen-bond donors (Lipinski definition) is 1. The minimum Gasteiger partial charge on any atom is -0.495 e. The number of benzene rings is 2. The van der Waals surface area contributed by atoms with E-state index in [0.29, 0.717) is 37.6 Å². The normalized spacial score (nSPS) is 14.1. The molecule has 0 aliphatic carbocycles. The minimum atomic E-state index is -3.81. The Labute approximate surface area is 197 Å². The highest BCUT2D eigenvalue weighted by molar-refractivity contribution is 7.92. The summed E-state index contributed by atoms with van der Waals surface area (Å²) < 4.78 is 36.1. The number of ether oxygens (including phenoxy) is 2. The van der Waals surface area contributed by atoms with Crippen molar-refractivity contribution in [2.45, 2.75) is 0 Å². The summed E-state index contributed by atoms with van der Waals surface area (Å²) in [5.41, 5.74) is 3.52. The first-order valence-corrected chi connectivity index (χ1v) is 12.1. The fourth-order valence-corrected chi connectivity index (χ4v) is 4.27. The Morgan fingerprint density at radius 3 is 2.65 bits per heavy atom. The number of hydrogen-bond acceptors (Lipinski definition) is 9. The van der Waals surface area contributed by atoms with Crippen molar-refractivity contribution in [1.29, 1.82) is 0 Å². The van der Waals surface area contributed by atoms with E-state index in [9.17, 15) is 23.3 Å². The van der Waals surface area contributed by atoms with E-state index in [0.717, 1.165) is 10.6 Å². The molecule has 1 N–H and O–H groups in total. The zero-order chi connectivity index (χ0) is 24.7. The fraction of sp³-hybridized carbons (Fsp3) is 0.333. The molecule has 1 amide bonds. The van der Waals surface area contributed by atoms with E-state index in [4.69, 9.17) is 9.47 Å². The van der Waals surface area contributed by atoms with Gasteiger partial charge in [0.05, 0.1) is 43.4 Å². The second-order valence-corrected chi connectivity index (χ2v) is 9.24. The number of nitrogens with zero attached hydrogens (tertiary/aromatic N) is 4. The largest absolute Gasteiger partial charge is 0.495 e. The first-order chi connectivity index (χ1) is 16.2. The number of non-ortho nitro benzene ring substituents is 1. The van der Waals surface area contributed by atoms with Gasteiger partial charge in [0.1, 0.15) is 12.3 Å². The second-order valence-electron chi connectivity index (χ2n) is 7.33. The lowest BCUT2D eigenvalue weighted by Crippen LogP contribution is -2.39. The molecule has 1 fully saturated rings. The summed E-state index contributed by atoms with van der Waals surface area (Å²) in [4.78, 5) is 25.2. The number of rotatable bonds is 9. The molecule has 0 unspecified atom stereocenters. The van der Waals surface area contributed by atoms with Gasteiger partial charge in [0.2, 0.25) is 10.0 Å². The number of nitro benzene ring substituents is 1. The number of hydrazone groups is 1. The molecular weight excluding hydrogens is 466 g/mol. The lowest BCUT2D eigenvalue weighted by molar-refractivity contribution is -0.384. The molecule has 0 aromatic heterocycles. The Kier molecular flexibility index (Phi) is 8.02. The molecule has 0 saturated carbocycles. The van der Waals surface area contributed by atoms with Crippen molar-refractivity contribution in [3.8, 4) is 5.75 Å². The van der Waals surface area contributed by atoms with Gasteiger partial charge in [-0.2, -0.15) is 5.10 Å². The van der Waals surface area contributed by atoms with Crippen LogP contribution in [0.15, 0.2) is 47.6 Å². The molecule has 1 aliphatic rings. The van der Waals surface area contributed by atoms with Crippen LogP contribution < -0.4 is 19.4 Å². The van der Waals surface area contributed by atoms with Crippen molar-refractivity contribution < 1.29 is 27.6 Å². The van der Waals surface area contributed by atoms with Crippen LogP contribution in [0, 0.1) is 10.1 Å². The van der Waals surface area contributed by atoms with Crippen LogP contribution in [0.3, 0.4) is 0 Å². The van der Waals surface area contributed by atoms with Gasteiger partial charge in [-0.1, -0.05) is 12.1 Å². The van der Waals surface area contributed by atoms with Crippen LogP contribution >= 0.6 is 0 Å². The number of para-hydroxylation sites is 2. The molecular formula is C21H25N5O7S. The third-order valence-corrected chi connectivity index (χ3v) is 6.13. The highest BCUT2D eigenvalue weighted by atomic mass is 32.2. The van der Waals surface area contributed by atoms with Crippen molar-refractivity contribution in [3.63, 3.8) is 0 Å². The molecule has 34 heavy (non-hydrogen) atoms. The monoisotopic (exact) mass is 491 g/mol. The lowest BCUT2D eigenvalue weighted by atomic mass is 10.1. The van der Waals surface area contributed by atoms with Crippen molar-refractivity contribution >= 4 is 39.2 Å². The van der Waals surface area contributed by atoms with Crippen molar-refractivity contribution in [3.05, 3.63) is 58.1 Å². The predicted molar refractivity (Wildman–Crippen MR) is 127 cm³/mol. The van der Waals surface area contributed by atoms with Gasteiger partial charge in [0, 0.05) is 36.5 Å². The number of nitrogens with one attached hydrogen (secondary N) is 1. The lowest BCUT2D eigenvalue weighted by Gasteiger charge is -2.29. The third-order valence-electron chi connectivity index (χ3n) is 5.01. The van der Waals surface area contributed by atoms with Gasteiger partial charge in [-0.15, -0.1) is 0 Å². The highest BCUT2D eigenvalue weighted by Gasteiger charge is 2.24. The SMILES string of the molecule is COc1ccccc1N(CC(=O)N/N=C\c1cc([N+](=O)[O-])ccc1N1CCOCC1)S(C)(=O)=O. The number of nitro groups is 1. The van der Waals surface area contributed by atoms with E-state index in [2.05, 4.69) is 10.5 Å². The summed E-state index contributed by atoms with van der Waals surface area (Å²) in [5.74, 6) is -0.415. The Morgan fingerprint density at radius 2 is 2.00 bits per heavy atom. The highest BCUT2D eigenvalue weighted by Crippen LogP contribution is 2.29. The molecule has 13 heteroatoms. The minimum absolute atomic E-state index is 0.121. The number of carbonyl (C=O) groups excluding carboxylic acids is 1. The molecule has 1 saturated heterocycles. The standard InChI is InChI=1S/C21H25N5O7S/c1-32-20-6-4-3-5-19(20)25(34(2,30)31)15-21(27)23-22-14-16-13-17(26(28)29)7-8-18(16)24-9-11-33-12-10-24/h3-8,13-14H,9-12,15H2,1-2H3,(H,23,27)/b22-14-. The third kappa shape index (κ3) is 6.20. The van der Waals surface area contributed by atoms with Gasteiger partial charge in [0.25, 0.3) is 11.6 Å². The van der Waals surface area contributed by atoms with Gasteiger partial charge in [0.15, 0.2) is 0 Å². The first-order valence-electron chi connectivity index (χ1n) is 10.2. The maximum atomic E-state index is 12.5. The van der Waals surface area contributed by atoms with Crippen LogP contribution in [0.2, 0.25) is 0 Å². The van der Waals surface area contributed by atoms with Crippen molar-refractivity contribution in [1.82, 2.24) is 5.43 Å². The maximum absolute atomic E-state index is 12.5. The summed E-state index contributed by atoms with van der Waals surface area (Å²) >= 11 is 0. The first kappa shape index (κ1) is 24.9. The smallest absolute Gasteiger partial charge is 0.270 e. The van der Waals surface area contributed by atoms with E-state index < -0.39 is 27.4 Å². The summed E-state index contributed by atoms with van der Waals surface area (Å²) in [5, 5.41) is 15.1. The number of amides is 1. The zero-order valence-corrected chi connectivity index (χ0v) is 19.5. The van der Waals surface area contributed by atoms with Crippen LogP contribution in [0.4, 0.5) is 17.1 Å². The Balaban J connectivity index is 1.79. The van der Waals surface area contributed by atoms with Gasteiger partial charge in [-0.3, -0.25) is 19.2 Å². The average molecular weight is 492 g/mol. The number of methoxy groups -OCH3 is 1. The van der Waals surface area contributed by atoms with E-state index in [-0.39, 0.29) is 17.1 Å². The maximum Gasteiger partial charge on any atom is 0.270 e. The summed E-state index contributed by atoms with van der Waals surface area (Å²) in [7, 11) is -2.41. The fourth-order valence-electron chi connectivity index (χ4n) is 3.41. The molecule has 12 nitrogen and oxygen atoms in total. The van der Waals surface area contributed by atoms with Crippen LogP contribution in [-0.2, 0) is 19.6 Å².